The Morgan fingerprint density at radius 1 is 1.38 bits per heavy atom. The maximum absolute atomic E-state index is 11.0. The lowest BCUT2D eigenvalue weighted by Gasteiger charge is -2.43. The lowest BCUT2D eigenvalue weighted by atomic mass is 9.92. The number of aliphatic carboxylic acids is 1. The molecule has 1 heterocycles. The van der Waals surface area contributed by atoms with E-state index in [2.05, 4.69) is 4.90 Å². The fourth-order valence-corrected chi connectivity index (χ4v) is 2.54. The second-order valence-corrected chi connectivity index (χ2v) is 5.03. The average Bonchev–Trinajstić information content (AvgIpc) is 2.26. The van der Waals surface area contributed by atoms with Gasteiger partial charge in [0.25, 0.3) is 0 Å². The number of likely N-dealkylation sites (tertiary alicyclic amines) is 1. The van der Waals surface area contributed by atoms with Crippen molar-refractivity contribution in [2.75, 3.05) is 6.54 Å². The molecule has 16 heavy (non-hydrogen) atoms. The van der Waals surface area contributed by atoms with Gasteiger partial charge in [-0.05, 0) is 33.2 Å². The summed E-state index contributed by atoms with van der Waals surface area (Å²) in [5.41, 5.74) is 5.98. The van der Waals surface area contributed by atoms with Crippen LogP contribution in [0.1, 0.15) is 40.0 Å². The van der Waals surface area contributed by atoms with Crippen molar-refractivity contribution in [3.05, 3.63) is 0 Å². The van der Waals surface area contributed by atoms with Crippen molar-refractivity contribution in [3.8, 4) is 0 Å². The minimum absolute atomic E-state index is 0.0637. The SMILES string of the molecule is CC(N)C1CCCCN1C(C)C(C)C(=O)O. The van der Waals surface area contributed by atoms with Gasteiger partial charge in [-0.2, -0.15) is 0 Å². The van der Waals surface area contributed by atoms with Crippen LogP contribution in [0.3, 0.4) is 0 Å². The Balaban J connectivity index is 2.70. The molecule has 1 fully saturated rings. The molecule has 0 aromatic rings. The molecule has 0 spiro atoms. The number of hydrogen-bond acceptors (Lipinski definition) is 3. The predicted molar refractivity (Wildman–Crippen MR) is 64.3 cm³/mol. The first-order chi connectivity index (χ1) is 7.45. The van der Waals surface area contributed by atoms with Crippen LogP contribution in [0.2, 0.25) is 0 Å². The number of piperidine rings is 1. The zero-order valence-corrected chi connectivity index (χ0v) is 10.5. The number of nitrogens with two attached hydrogens (primary N) is 1. The van der Waals surface area contributed by atoms with Gasteiger partial charge in [0.15, 0.2) is 0 Å². The van der Waals surface area contributed by atoms with Gasteiger partial charge in [-0.15, -0.1) is 0 Å². The van der Waals surface area contributed by atoms with E-state index >= 15 is 0 Å². The normalized spacial score (nSPS) is 28.4. The molecule has 94 valence electrons. The molecule has 0 bridgehead atoms. The third-order valence-electron chi connectivity index (χ3n) is 3.84. The molecule has 1 rings (SSSR count). The Hall–Kier alpha value is -0.610. The number of hydrogen-bond donors (Lipinski definition) is 2. The van der Waals surface area contributed by atoms with Gasteiger partial charge in [-0.3, -0.25) is 9.69 Å². The molecule has 1 aliphatic rings. The van der Waals surface area contributed by atoms with Crippen molar-refractivity contribution in [3.63, 3.8) is 0 Å². The summed E-state index contributed by atoms with van der Waals surface area (Å²) < 4.78 is 0. The maximum atomic E-state index is 11.0. The van der Waals surface area contributed by atoms with E-state index in [1.807, 2.05) is 13.8 Å². The van der Waals surface area contributed by atoms with Gasteiger partial charge in [0, 0.05) is 18.1 Å². The second-order valence-electron chi connectivity index (χ2n) is 5.03. The van der Waals surface area contributed by atoms with Crippen molar-refractivity contribution < 1.29 is 9.90 Å². The van der Waals surface area contributed by atoms with E-state index in [1.165, 1.54) is 6.42 Å². The molecule has 0 aromatic carbocycles. The molecule has 0 saturated carbocycles. The van der Waals surface area contributed by atoms with Gasteiger partial charge in [0.05, 0.1) is 5.92 Å². The van der Waals surface area contributed by atoms with E-state index in [4.69, 9.17) is 10.8 Å². The fourth-order valence-electron chi connectivity index (χ4n) is 2.54. The Morgan fingerprint density at radius 3 is 2.50 bits per heavy atom. The summed E-state index contributed by atoms with van der Waals surface area (Å²) in [5, 5.41) is 9.05. The van der Waals surface area contributed by atoms with Gasteiger partial charge >= 0.3 is 5.97 Å². The van der Waals surface area contributed by atoms with E-state index in [9.17, 15) is 4.79 Å². The zero-order valence-electron chi connectivity index (χ0n) is 10.5. The molecule has 4 nitrogen and oxygen atoms in total. The fraction of sp³-hybridized carbons (Fsp3) is 0.917. The first-order valence-corrected chi connectivity index (χ1v) is 6.19. The topological polar surface area (TPSA) is 66.6 Å². The number of carbonyl (C=O) groups is 1. The third-order valence-corrected chi connectivity index (χ3v) is 3.84. The average molecular weight is 228 g/mol. The second kappa shape index (κ2) is 5.64. The minimum Gasteiger partial charge on any atom is -0.481 e. The van der Waals surface area contributed by atoms with Crippen molar-refractivity contribution in [1.82, 2.24) is 4.90 Å². The number of carboxylic acid groups (broad SMARTS) is 1. The summed E-state index contributed by atoms with van der Waals surface area (Å²) in [6.07, 6.45) is 3.45. The van der Waals surface area contributed by atoms with Crippen LogP contribution < -0.4 is 5.73 Å². The molecule has 4 unspecified atom stereocenters. The van der Waals surface area contributed by atoms with Gasteiger partial charge < -0.3 is 10.8 Å². The lowest BCUT2D eigenvalue weighted by molar-refractivity contribution is -0.144. The van der Waals surface area contributed by atoms with E-state index in [0.29, 0.717) is 6.04 Å². The van der Waals surface area contributed by atoms with Crippen LogP contribution in [0.15, 0.2) is 0 Å². The molecule has 0 amide bonds. The van der Waals surface area contributed by atoms with Crippen molar-refractivity contribution in [1.29, 1.82) is 0 Å². The first-order valence-electron chi connectivity index (χ1n) is 6.19. The Bertz CT molecular complexity index is 243. The van der Waals surface area contributed by atoms with Crippen LogP contribution in [0, 0.1) is 5.92 Å². The quantitative estimate of drug-likeness (QED) is 0.761. The summed E-state index contributed by atoms with van der Waals surface area (Å²) in [5.74, 6) is -1.05. The molecule has 0 aliphatic carbocycles. The summed E-state index contributed by atoms with van der Waals surface area (Å²) in [6, 6.07) is 0.517. The van der Waals surface area contributed by atoms with Crippen molar-refractivity contribution in [2.24, 2.45) is 11.7 Å². The first kappa shape index (κ1) is 13.5. The van der Waals surface area contributed by atoms with E-state index in [0.717, 1.165) is 19.4 Å². The van der Waals surface area contributed by atoms with Crippen LogP contribution in [0.4, 0.5) is 0 Å². The van der Waals surface area contributed by atoms with Crippen LogP contribution in [-0.2, 0) is 4.79 Å². The van der Waals surface area contributed by atoms with Crippen LogP contribution >= 0.6 is 0 Å². The van der Waals surface area contributed by atoms with Crippen LogP contribution in [0.25, 0.3) is 0 Å². The highest BCUT2D eigenvalue weighted by Crippen LogP contribution is 2.24. The van der Waals surface area contributed by atoms with Crippen LogP contribution in [0.5, 0.6) is 0 Å². The molecule has 1 saturated heterocycles. The summed E-state index contributed by atoms with van der Waals surface area (Å²) in [6.45, 7) is 6.77. The minimum atomic E-state index is -0.721. The number of rotatable bonds is 4. The van der Waals surface area contributed by atoms with Gasteiger partial charge in [-0.25, -0.2) is 0 Å². The van der Waals surface area contributed by atoms with Gasteiger partial charge in [-0.1, -0.05) is 13.3 Å². The van der Waals surface area contributed by atoms with Gasteiger partial charge in [0.1, 0.15) is 0 Å². The highest BCUT2D eigenvalue weighted by atomic mass is 16.4. The largest absolute Gasteiger partial charge is 0.481 e. The molecule has 4 heteroatoms. The predicted octanol–water partition coefficient (Wildman–Crippen LogP) is 1.30. The molecular weight excluding hydrogens is 204 g/mol. The summed E-state index contributed by atoms with van der Waals surface area (Å²) in [4.78, 5) is 13.3. The smallest absolute Gasteiger partial charge is 0.307 e. The lowest BCUT2D eigenvalue weighted by Crippen LogP contribution is -2.55. The molecule has 0 radical (unpaired) electrons. The third kappa shape index (κ3) is 2.95. The highest BCUT2D eigenvalue weighted by molar-refractivity contribution is 5.70. The summed E-state index contributed by atoms with van der Waals surface area (Å²) in [7, 11) is 0. The molecule has 0 aromatic heterocycles. The molecular formula is C12H24N2O2. The van der Waals surface area contributed by atoms with Crippen LogP contribution in [-0.4, -0.2) is 40.6 Å². The molecule has 3 N–H and O–H groups in total. The van der Waals surface area contributed by atoms with E-state index in [1.54, 1.807) is 6.92 Å². The van der Waals surface area contributed by atoms with E-state index < -0.39 is 5.97 Å². The Kier molecular flexibility index (Phi) is 4.74. The zero-order chi connectivity index (χ0) is 12.3. The maximum Gasteiger partial charge on any atom is 0.307 e. The Morgan fingerprint density at radius 2 is 2.00 bits per heavy atom. The monoisotopic (exact) mass is 228 g/mol. The van der Waals surface area contributed by atoms with Crippen molar-refractivity contribution in [2.45, 2.75) is 58.2 Å². The number of carboxylic acids is 1. The van der Waals surface area contributed by atoms with Crippen molar-refractivity contribution >= 4 is 5.97 Å². The van der Waals surface area contributed by atoms with E-state index in [-0.39, 0.29) is 18.0 Å². The number of nitrogens with zero attached hydrogens (tertiary/aromatic N) is 1. The summed E-state index contributed by atoms with van der Waals surface area (Å²) >= 11 is 0. The molecule has 1 aliphatic heterocycles. The standard InChI is InChI=1S/C12H24N2O2/c1-8(12(15)16)10(3)14-7-5-4-6-11(14)9(2)13/h8-11H,4-7,13H2,1-3H3,(H,15,16). The van der Waals surface area contributed by atoms with Gasteiger partial charge in [0.2, 0.25) is 0 Å². The molecule has 4 atom stereocenters. The highest BCUT2D eigenvalue weighted by Gasteiger charge is 2.33. The Labute approximate surface area is 97.8 Å².